The van der Waals surface area contributed by atoms with Gasteiger partial charge in [0.15, 0.2) is 6.61 Å². The number of esters is 1. The highest BCUT2D eigenvalue weighted by Gasteiger charge is 2.26. The van der Waals surface area contributed by atoms with E-state index in [1.807, 2.05) is 0 Å². The van der Waals surface area contributed by atoms with E-state index in [9.17, 15) is 9.59 Å². The summed E-state index contributed by atoms with van der Waals surface area (Å²) in [6.45, 7) is 0.00331. The topological polar surface area (TPSA) is 52.6 Å². The summed E-state index contributed by atoms with van der Waals surface area (Å²) in [6, 6.07) is 4.85. The number of benzene rings is 1. The molecule has 0 amide bonds. The normalized spacial score (nSPS) is 13.4. The van der Waals surface area contributed by atoms with Crippen LogP contribution in [0.4, 0.5) is 0 Å². The highest BCUT2D eigenvalue weighted by molar-refractivity contribution is 6.06. The van der Waals surface area contributed by atoms with Crippen LogP contribution >= 0.6 is 0 Å². The van der Waals surface area contributed by atoms with Crippen molar-refractivity contribution in [3.05, 3.63) is 29.3 Å². The van der Waals surface area contributed by atoms with Crippen LogP contribution in [0.25, 0.3) is 0 Å². The molecule has 0 unspecified atom stereocenters. The van der Waals surface area contributed by atoms with Gasteiger partial charge in [-0.1, -0.05) is 6.07 Å². The van der Waals surface area contributed by atoms with E-state index in [1.165, 1.54) is 7.11 Å². The predicted molar refractivity (Wildman–Crippen MR) is 47.6 cm³/mol. The number of carbonyl (C=O) groups excluding carboxylic acids is 2. The Bertz CT molecular complexity index is 409. The quantitative estimate of drug-likeness (QED) is 0.624. The lowest BCUT2D eigenvalue weighted by Gasteiger charge is -2.03. The number of ether oxygens (including phenoxy) is 2. The lowest BCUT2D eigenvalue weighted by atomic mass is 10.1. The SMILES string of the molecule is COC(=O)c1cccc2c1OCC2=O. The van der Waals surface area contributed by atoms with Gasteiger partial charge in [0.2, 0.25) is 5.78 Å². The lowest BCUT2D eigenvalue weighted by molar-refractivity contribution is 0.0596. The molecule has 0 spiro atoms. The maximum absolute atomic E-state index is 11.3. The Morgan fingerprint density at radius 2 is 2.29 bits per heavy atom. The Morgan fingerprint density at radius 1 is 1.50 bits per heavy atom. The fraction of sp³-hybridized carbons (Fsp3) is 0.200. The van der Waals surface area contributed by atoms with E-state index >= 15 is 0 Å². The molecule has 0 fully saturated rings. The first kappa shape index (κ1) is 8.74. The highest BCUT2D eigenvalue weighted by Crippen LogP contribution is 2.29. The molecule has 1 aliphatic rings. The summed E-state index contributed by atoms with van der Waals surface area (Å²) in [7, 11) is 1.29. The Kier molecular flexibility index (Phi) is 1.96. The van der Waals surface area contributed by atoms with Crippen LogP contribution in [-0.2, 0) is 4.74 Å². The largest absolute Gasteiger partial charge is 0.484 e. The van der Waals surface area contributed by atoms with Crippen molar-refractivity contribution in [2.45, 2.75) is 0 Å². The van der Waals surface area contributed by atoms with E-state index < -0.39 is 5.97 Å². The second kappa shape index (κ2) is 3.14. The molecule has 14 heavy (non-hydrogen) atoms. The van der Waals surface area contributed by atoms with Crippen molar-refractivity contribution in [1.82, 2.24) is 0 Å². The average Bonchev–Trinajstić information content (AvgIpc) is 2.59. The molecule has 4 nitrogen and oxygen atoms in total. The van der Waals surface area contributed by atoms with Crippen LogP contribution in [-0.4, -0.2) is 25.5 Å². The number of hydrogen-bond acceptors (Lipinski definition) is 4. The van der Waals surface area contributed by atoms with Crippen LogP contribution in [0.15, 0.2) is 18.2 Å². The first-order valence-electron chi connectivity index (χ1n) is 4.11. The molecule has 0 saturated carbocycles. The van der Waals surface area contributed by atoms with E-state index in [0.717, 1.165) is 0 Å². The fourth-order valence-corrected chi connectivity index (χ4v) is 1.40. The van der Waals surface area contributed by atoms with Gasteiger partial charge in [-0.05, 0) is 12.1 Å². The van der Waals surface area contributed by atoms with Gasteiger partial charge >= 0.3 is 5.97 Å². The number of hydrogen-bond donors (Lipinski definition) is 0. The molecule has 1 heterocycles. The number of carbonyl (C=O) groups is 2. The number of para-hydroxylation sites is 1. The van der Waals surface area contributed by atoms with Crippen LogP contribution in [0.1, 0.15) is 20.7 Å². The molecule has 1 aliphatic heterocycles. The van der Waals surface area contributed by atoms with Crippen molar-refractivity contribution in [2.75, 3.05) is 13.7 Å². The summed E-state index contributed by atoms with van der Waals surface area (Å²) in [5.41, 5.74) is 0.753. The Hall–Kier alpha value is -1.84. The van der Waals surface area contributed by atoms with Crippen LogP contribution < -0.4 is 4.74 Å². The van der Waals surface area contributed by atoms with Gasteiger partial charge in [0.1, 0.15) is 11.3 Å². The molecule has 1 aromatic rings. The van der Waals surface area contributed by atoms with Crippen LogP contribution in [0.2, 0.25) is 0 Å². The predicted octanol–water partition coefficient (Wildman–Crippen LogP) is 1.05. The number of methoxy groups -OCH3 is 1. The molecule has 0 saturated heterocycles. The molecule has 0 aromatic heterocycles. The van der Waals surface area contributed by atoms with E-state index in [-0.39, 0.29) is 12.4 Å². The molecule has 0 atom stereocenters. The number of rotatable bonds is 1. The molecule has 2 rings (SSSR count). The average molecular weight is 192 g/mol. The summed E-state index contributed by atoms with van der Waals surface area (Å²) in [4.78, 5) is 22.5. The zero-order valence-electron chi connectivity index (χ0n) is 7.57. The van der Waals surface area contributed by atoms with Gasteiger partial charge in [0.05, 0.1) is 12.7 Å². The van der Waals surface area contributed by atoms with Crippen molar-refractivity contribution in [3.63, 3.8) is 0 Å². The summed E-state index contributed by atoms with van der Waals surface area (Å²) in [5, 5.41) is 0. The highest BCUT2D eigenvalue weighted by atomic mass is 16.5. The molecule has 0 N–H and O–H groups in total. The van der Waals surface area contributed by atoms with E-state index in [2.05, 4.69) is 4.74 Å². The number of ketones is 1. The summed E-state index contributed by atoms with van der Waals surface area (Å²) >= 11 is 0. The Morgan fingerprint density at radius 3 is 3.00 bits per heavy atom. The maximum Gasteiger partial charge on any atom is 0.341 e. The van der Waals surface area contributed by atoms with Gasteiger partial charge in [-0.25, -0.2) is 4.79 Å². The number of Topliss-reactive ketones (excluding diaryl/α,β-unsaturated/α-hetero) is 1. The third-order valence-electron chi connectivity index (χ3n) is 2.07. The van der Waals surface area contributed by atoms with Crippen molar-refractivity contribution < 1.29 is 19.1 Å². The van der Waals surface area contributed by atoms with Crippen molar-refractivity contribution >= 4 is 11.8 Å². The van der Waals surface area contributed by atoms with Crippen molar-refractivity contribution in [3.8, 4) is 5.75 Å². The van der Waals surface area contributed by atoms with Crippen molar-refractivity contribution in [1.29, 1.82) is 0 Å². The van der Waals surface area contributed by atoms with Gasteiger partial charge < -0.3 is 9.47 Å². The second-order valence-corrected chi connectivity index (χ2v) is 2.89. The minimum Gasteiger partial charge on any atom is -0.484 e. The molecule has 1 aromatic carbocycles. The summed E-state index contributed by atoms with van der Waals surface area (Å²) in [6.07, 6.45) is 0. The molecule has 0 radical (unpaired) electrons. The van der Waals surface area contributed by atoms with Crippen LogP contribution in [0, 0.1) is 0 Å². The molecule has 72 valence electrons. The Balaban J connectivity index is 2.54. The summed E-state index contributed by atoms with van der Waals surface area (Å²) in [5.74, 6) is -0.258. The third-order valence-corrected chi connectivity index (χ3v) is 2.07. The molecule has 0 bridgehead atoms. The van der Waals surface area contributed by atoms with Gasteiger partial charge in [-0.15, -0.1) is 0 Å². The monoisotopic (exact) mass is 192 g/mol. The molecular weight excluding hydrogens is 184 g/mol. The molecule has 4 heteroatoms. The fourth-order valence-electron chi connectivity index (χ4n) is 1.40. The minimum atomic E-state index is -0.489. The maximum atomic E-state index is 11.3. The zero-order chi connectivity index (χ0) is 10.1. The summed E-state index contributed by atoms with van der Waals surface area (Å²) < 4.78 is 9.68. The van der Waals surface area contributed by atoms with Gasteiger partial charge in [-0.3, -0.25) is 4.79 Å². The lowest BCUT2D eigenvalue weighted by Crippen LogP contribution is -2.03. The standard InChI is InChI=1S/C10H8O4/c1-13-10(12)7-4-2-3-6-8(11)5-14-9(6)7/h2-4H,5H2,1H3. The zero-order valence-corrected chi connectivity index (χ0v) is 7.57. The van der Waals surface area contributed by atoms with E-state index in [0.29, 0.717) is 16.9 Å². The Labute approximate surface area is 80.4 Å². The minimum absolute atomic E-state index is 0.00331. The first-order chi connectivity index (χ1) is 6.74. The first-order valence-corrected chi connectivity index (χ1v) is 4.11. The van der Waals surface area contributed by atoms with Crippen LogP contribution in [0.3, 0.4) is 0 Å². The van der Waals surface area contributed by atoms with Gasteiger partial charge in [0.25, 0.3) is 0 Å². The number of fused-ring (bicyclic) bond motifs is 1. The van der Waals surface area contributed by atoms with Gasteiger partial charge in [0, 0.05) is 0 Å². The van der Waals surface area contributed by atoms with Crippen molar-refractivity contribution in [2.24, 2.45) is 0 Å². The molecular formula is C10H8O4. The van der Waals surface area contributed by atoms with E-state index in [1.54, 1.807) is 18.2 Å². The second-order valence-electron chi connectivity index (χ2n) is 2.89. The van der Waals surface area contributed by atoms with Crippen LogP contribution in [0.5, 0.6) is 5.75 Å². The smallest absolute Gasteiger partial charge is 0.341 e. The van der Waals surface area contributed by atoms with E-state index in [4.69, 9.17) is 4.74 Å². The molecule has 0 aliphatic carbocycles. The van der Waals surface area contributed by atoms with Gasteiger partial charge in [-0.2, -0.15) is 0 Å². The third kappa shape index (κ3) is 1.16.